The van der Waals surface area contributed by atoms with Crippen LogP contribution in [-0.2, 0) is 4.74 Å². The summed E-state index contributed by atoms with van der Waals surface area (Å²) in [6.07, 6.45) is 1.83. The van der Waals surface area contributed by atoms with Crippen molar-refractivity contribution in [1.82, 2.24) is 4.90 Å². The first-order valence-corrected chi connectivity index (χ1v) is 10.6. The molecule has 2 aliphatic rings. The third kappa shape index (κ3) is 3.19. The van der Waals surface area contributed by atoms with Crippen molar-refractivity contribution < 1.29 is 13.9 Å². The van der Waals surface area contributed by atoms with Crippen LogP contribution in [0, 0.1) is 0 Å². The molecule has 0 saturated carbocycles. The molecule has 5 rings (SSSR count). The van der Waals surface area contributed by atoms with Gasteiger partial charge < -0.3 is 14.1 Å². The molecule has 148 valence electrons. The van der Waals surface area contributed by atoms with Gasteiger partial charge in [-0.2, -0.15) is 0 Å². The van der Waals surface area contributed by atoms with Crippen LogP contribution in [0.3, 0.4) is 0 Å². The summed E-state index contributed by atoms with van der Waals surface area (Å²) in [6, 6.07) is 12.0. The Balaban J connectivity index is 1.71. The van der Waals surface area contributed by atoms with Crippen LogP contribution in [0.5, 0.6) is 0 Å². The largest absolute Gasteiger partial charge is 0.450 e. The molecule has 0 bridgehead atoms. The van der Waals surface area contributed by atoms with Gasteiger partial charge in [-0.05, 0) is 48.7 Å². The molecule has 1 fully saturated rings. The maximum atomic E-state index is 13.4. The molecular formula is C22H17BrClNO4. The number of halogens is 2. The van der Waals surface area contributed by atoms with Gasteiger partial charge in [0.15, 0.2) is 5.43 Å². The average Bonchev–Trinajstić information content (AvgIpc) is 3.32. The van der Waals surface area contributed by atoms with Crippen LogP contribution in [0.25, 0.3) is 11.0 Å². The van der Waals surface area contributed by atoms with Gasteiger partial charge in [-0.1, -0.05) is 39.7 Å². The summed E-state index contributed by atoms with van der Waals surface area (Å²) in [4.78, 5) is 28.4. The molecule has 1 amide bonds. The molecule has 2 atom stereocenters. The molecule has 1 aromatic heterocycles. The summed E-state index contributed by atoms with van der Waals surface area (Å²) >= 11 is 9.55. The van der Waals surface area contributed by atoms with Crippen LogP contribution in [0.4, 0.5) is 0 Å². The van der Waals surface area contributed by atoms with Crippen molar-refractivity contribution in [2.24, 2.45) is 0 Å². The fourth-order valence-corrected chi connectivity index (χ4v) is 4.62. The first kappa shape index (κ1) is 18.9. The average molecular weight is 475 g/mol. The predicted molar refractivity (Wildman–Crippen MR) is 113 cm³/mol. The lowest BCUT2D eigenvalue weighted by Crippen LogP contribution is -2.36. The van der Waals surface area contributed by atoms with E-state index in [9.17, 15) is 9.59 Å². The fraction of sp³-hybridized carbons (Fsp3) is 0.273. The van der Waals surface area contributed by atoms with Crippen molar-refractivity contribution in [2.75, 3.05) is 13.2 Å². The van der Waals surface area contributed by atoms with E-state index in [4.69, 9.17) is 20.8 Å². The van der Waals surface area contributed by atoms with Crippen molar-refractivity contribution >= 4 is 44.4 Å². The highest BCUT2D eigenvalue weighted by atomic mass is 79.9. The molecule has 0 aliphatic carbocycles. The lowest BCUT2D eigenvalue weighted by molar-refractivity contribution is 0.0486. The smallest absolute Gasteiger partial charge is 0.291 e. The standard InChI is InChI=1S/C22H17BrClNO4/c23-13-5-3-12(4-6-13)19-18-20(26)16-10-14(24)7-8-17(16)29-21(18)22(27)25(19)11-15-2-1-9-28-15/h3-8,10,15,19H,1-2,9,11H2/t15-,19+/m0/s1. The van der Waals surface area contributed by atoms with E-state index in [0.717, 1.165) is 22.9 Å². The van der Waals surface area contributed by atoms with E-state index in [2.05, 4.69) is 15.9 Å². The summed E-state index contributed by atoms with van der Waals surface area (Å²) in [5.74, 6) is -0.173. The van der Waals surface area contributed by atoms with Gasteiger partial charge in [-0.15, -0.1) is 0 Å². The lowest BCUT2D eigenvalue weighted by Gasteiger charge is -2.27. The number of fused-ring (bicyclic) bond motifs is 2. The van der Waals surface area contributed by atoms with Crippen LogP contribution < -0.4 is 5.43 Å². The fourth-order valence-electron chi connectivity index (χ4n) is 4.18. The summed E-state index contributed by atoms with van der Waals surface area (Å²) in [6.45, 7) is 1.11. The summed E-state index contributed by atoms with van der Waals surface area (Å²) in [5, 5.41) is 0.829. The van der Waals surface area contributed by atoms with Crippen molar-refractivity contribution in [3.05, 3.63) is 79.1 Å². The van der Waals surface area contributed by atoms with E-state index >= 15 is 0 Å². The first-order chi connectivity index (χ1) is 14.0. The second-order valence-electron chi connectivity index (χ2n) is 7.36. The zero-order valence-corrected chi connectivity index (χ0v) is 17.7. The highest BCUT2D eigenvalue weighted by molar-refractivity contribution is 9.10. The first-order valence-electron chi connectivity index (χ1n) is 9.47. The van der Waals surface area contributed by atoms with E-state index in [1.54, 1.807) is 23.1 Å². The Labute approximate surface area is 180 Å². The third-order valence-electron chi connectivity index (χ3n) is 5.54. The van der Waals surface area contributed by atoms with E-state index in [1.165, 1.54) is 0 Å². The number of nitrogens with zero attached hydrogens (tertiary/aromatic N) is 1. The van der Waals surface area contributed by atoms with Gasteiger partial charge in [0.1, 0.15) is 5.58 Å². The van der Waals surface area contributed by atoms with Gasteiger partial charge in [-0.25, -0.2) is 0 Å². The number of rotatable bonds is 3. The summed E-state index contributed by atoms with van der Waals surface area (Å²) in [5.41, 5.74) is 1.36. The van der Waals surface area contributed by atoms with Gasteiger partial charge in [-0.3, -0.25) is 9.59 Å². The third-order valence-corrected chi connectivity index (χ3v) is 6.30. The zero-order valence-electron chi connectivity index (χ0n) is 15.4. The number of hydrogen-bond donors (Lipinski definition) is 0. The zero-order chi connectivity index (χ0) is 20.1. The molecule has 0 N–H and O–H groups in total. The van der Waals surface area contributed by atoms with Crippen molar-refractivity contribution in [1.29, 1.82) is 0 Å². The van der Waals surface area contributed by atoms with Gasteiger partial charge in [0.25, 0.3) is 5.91 Å². The van der Waals surface area contributed by atoms with E-state index in [-0.39, 0.29) is 23.2 Å². The van der Waals surface area contributed by atoms with Gasteiger partial charge in [0.2, 0.25) is 5.76 Å². The number of hydrogen-bond acceptors (Lipinski definition) is 4. The maximum absolute atomic E-state index is 13.4. The molecule has 7 heteroatoms. The molecule has 29 heavy (non-hydrogen) atoms. The molecule has 0 spiro atoms. The van der Waals surface area contributed by atoms with Crippen LogP contribution >= 0.6 is 27.5 Å². The quantitative estimate of drug-likeness (QED) is 0.540. The predicted octanol–water partition coefficient (Wildman–Crippen LogP) is 4.93. The molecule has 2 aliphatic heterocycles. The number of carbonyl (C=O) groups is 1. The van der Waals surface area contributed by atoms with Crippen LogP contribution in [0.2, 0.25) is 5.02 Å². The Morgan fingerprint density at radius 1 is 1.14 bits per heavy atom. The Morgan fingerprint density at radius 3 is 2.66 bits per heavy atom. The number of ether oxygens (including phenoxy) is 1. The Kier molecular flexibility index (Phi) is 4.73. The number of benzene rings is 2. The lowest BCUT2D eigenvalue weighted by atomic mass is 9.98. The van der Waals surface area contributed by atoms with E-state index in [0.29, 0.717) is 34.7 Å². The minimum Gasteiger partial charge on any atom is -0.450 e. The molecular weight excluding hydrogens is 458 g/mol. The summed E-state index contributed by atoms with van der Waals surface area (Å²) in [7, 11) is 0. The molecule has 2 aromatic carbocycles. The minimum atomic E-state index is -0.519. The van der Waals surface area contributed by atoms with Crippen molar-refractivity contribution in [2.45, 2.75) is 25.0 Å². The maximum Gasteiger partial charge on any atom is 0.291 e. The number of carbonyl (C=O) groups excluding carboxylic acids is 1. The van der Waals surface area contributed by atoms with Gasteiger partial charge in [0, 0.05) is 22.6 Å². The summed E-state index contributed by atoms with van der Waals surface area (Å²) < 4.78 is 12.6. The van der Waals surface area contributed by atoms with Crippen LogP contribution in [0.15, 0.2) is 56.1 Å². The molecule has 3 aromatic rings. The molecule has 5 nitrogen and oxygen atoms in total. The van der Waals surface area contributed by atoms with Gasteiger partial charge in [0.05, 0.1) is 23.1 Å². The Morgan fingerprint density at radius 2 is 1.93 bits per heavy atom. The van der Waals surface area contributed by atoms with Crippen LogP contribution in [-0.4, -0.2) is 30.1 Å². The molecule has 0 unspecified atom stereocenters. The monoisotopic (exact) mass is 473 g/mol. The highest BCUT2D eigenvalue weighted by Crippen LogP contribution is 2.39. The van der Waals surface area contributed by atoms with E-state index in [1.807, 2.05) is 24.3 Å². The van der Waals surface area contributed by atoms with Crippen LogP contribution in [0.1, 0.15) is 40.6 Å². The Hall–Kier alpha value is -2.15. The SMILES string of the molecule is O=C1c2oc3ccc(Cl)cc3c(=O)c2[C@@H](c2ccc(Br)cc2)N1C[C@@H]1CCCO1. The molecule has 1 saturated heterocycles. The minimum absolute atomic E-state index is 0.0369. The topological polar surface area (TPSA) is 59.8 Å². The second kappa shape index (κ2) is 7.27. The van der Waals surface area contributed by atoms with Crippen molar-refractivity contribution in [3.63, 3.8) is 0 Å². The highest BCUT2D eigenvalue weighted by Gasteiger charge is 2.43. The normalized spacial score (nSPS) is 21.2. The van der Waals surface area contributed by atoms with Gasteiger partial charge >= 0.3 is 0 Å². The Bertz CT molecular complexity index is 1170. The molecule has 0 radical (unpaired) electrons. The van der Waals surface area contributed by atoms with E-state index < -0.39 is 6.04 Å². The van der Waals surface area contributed by atoms with Crippen molar-refractivity contribution in [3.8, 4) is 0 Å². The molecule has 3 heterocycles. The number of amides is 1. The second-order valence-corrected chi connectivity index (χ2v) is 8.71.